The summed E-state index contributed by atoms with van der Waals surface area (Å²) in [5.41, 5.74) is -0.733. The maximum atomic E-state index is 12.2. The molecule has 0 bridgehead atoms. The van der Waals surface area contributed by atoms with Gasteiger partial charge in [-0.15, -0.1) is 0 Å². The summed E-state index contributed by atoms with van der Waals surface area (Å²) in [7, 11) is 0. The molecule has 1 fully saturated rings. The van der Waals surface area contributed by atoms with Gasteiger partial charge in [-0.25, -0.2) is 5.01 Å². The van der Waals surface area contributed by atoms with Gasteiger partial charge in [0.1, 0.15) is 6.61 Å². The lowest BCUT2D eigenvalue weighted by molar-refractivity contribution is -0.174. The van der Waals surface area contributed by atoms with Crippen molar-refractivity contribution in [1.29, 1.82) is 0 Å². The molecule has 0 spiro atoms. The Balaban J connectivity index is 2.06. The Labute approximate surface area is 117 Å². The molecule has 1 aliphatic rings. The molecule has 1 aromatic rings. The summed E-state index contributed by atoms with van der Waals surface area (Å²) in [5, 5.41) is 10.8. The summed E-state index contributed by atoms with van der Waals surface area (Å²) < 4.78 is 5.18. The number of carboxylic acids is 1. The van der Waals surface area contributed by atoms with E-state index in [9.17, 15) is 14.7 Å². The van der Waals surface area contributed by atoms with Crippen LogP contribution in [-0.4, -0.2) is 35.1 Å². The third-order valence-electron chi connectivity index (χ3n) is 3.53. The number of carboxylic acid groups (broad SMARTS) is 1. The monoisotopic (exact) mass is 278 g/mol. The van der Waals surface area contributed by atoms with Gasteiger partial charge in [0, 0.05) is 13.1 Å². The lowest BCUT2D eigenvalue weighted by Gasteiger charge is -2.35. The normalized spacial score (nSPS) is 23.2. The molecular weight excluding hydrogens is 260 g/mol. The number of ether oxygens (including phenoxy) is 1. The highest BCUT2D eigenvalue weighted by molar-refractivity contribution is 5.99. The van der Waals surface area contributed by atoms with Crippen LogP contribution >= 0.6 is 0 Å². The number of carbonyl (C=O) groups is 2. The Morgan fingerprint density at radius 1 is 1.35 bits per heavy atom. The van der Waals surface area contributed by atoms with Crippen molar-refractivity contribution >= 4 is 11.9 Å². The Bertz CT molecular complexity index is 491. The number of carbonyl (C=O) groups excluding carboxylic acids is 1. The Kier molecular flexibility index (Phi) is 4.36. The van der Waals surface area contributed by atoms with Crippen molar-refractivity contribution in [3.05, 3.63) is 35.9 Å². The quantitative estimate of drug-likeness (QED) is 0.480. The number of nitrogens with two attached hydrogens (primary N) is 1. The first kappa shape index (κ1) is 14.5. The summed E-state index contributed by atoms with van der Waals surface area (Å²) in [6, 6.07) is 9.15. The van der Waals surface area contributed by atoms with Gasteiger partial charge in [-0.1, -0.05) is 30.3 Å². The van der Waals surface area contributed by atoms with Crippen molar-refractivity contribution in [2.75, 3.05) is 13.1 Å². The molecule has 1 heterocycles. The van der Waals surface area contributed by atoms with Gasteiger partial charge in [0.05, 0.1) is 0 Å². The first-order valence-electron chi connectivity index (χ1n) is 6.49. The van der Waals surface area contributed by atoms with Crippen LogP contribution in [0.3, 0.4) is 0 Å². The fourth-order valence-corrected chi connectivity index (χ4v) is 2.38. The summed E-state index contributed by atoms with van der Waals surface area (Å²) in [5.74, 6) is 3.76. The highest BCUT2D eigenvalue weighted by Crippen LogP contribution is 2.31. The largest absolute Gasteiger partial charge is 0.480 e. The lowest BCUT2D eigenvalue weighted by Crippen LogP contribution is -2.55. The van der Waals surface area contributed by atoms with Gasteiger partial charge in [-0.05, 0) is 18.4 Å². The van der Waals surface area contributed by atoms with Gasteiger partial charge in [0.15, 0.2) is 5.41 Å². The van der Waals surface area contributed by atoms with E-state index in [1.807, 2.05) is 30.3 Å². The zero-order valence-corrected chi connectivity index (χ0v) is 11.1. The summed E-state index contributed by atoms with van der Waals surface area (Å²) in [6.45, 7) is 0.635. The predicted octanol–water partition coefficient (Wildman–Crippen LogP) is 0.770. The first-order chi connectivity index (χ1) is 9.54. The number of hydrogen-bond donors (Lipinski definition) is 2. The van der Waals surface area contributed by atoms with E-state index >= 15 is 0 Å². The average molecular weight is 278 g/mol. The van der Waals surface area contributed by atoms with Crippen LogP contribution in [0.4, 0.5) is 0 Å². The van der Waals surface area contributed by atoms with Gasteiger partial charge < -0.3 is 9.84 Å². The molecule has 0 amide bonds. The second kappa shape index (κ2) is 6.02. The molecule has 0 aromatic heterocycles. The number of esters is 1. The van der Waals surface area contributed by atoms with Crippen LogP contribution in [0, 0.1) is 5.41 Å². The predicted molar refractivity (Wildman–Crippen MR) is 71.3 cm³/mol. The molecular formula is C14H18N2O4. The van der Waals surface area contributed by atoms with E-state index in [1.54, 1.807) is 0 Å². The molecule has 1 atom stereocenters. The number of piperidine rings is 1. The summed E-state index contributed by atoms with van der Waals surface area (Å²) in [4.78, 5) is 23.7. The number of benzene rings is 1. The molecule has 6 nitrogen and oxygen atoms in total. The molecule has 108 valence electrons. The molecule has 1 unspecified atom stereocenters. The second-order valence-corrected chi connectivity index (χ2v) is 5.02. The molecule has 6 heteroatoms. The average Bonchev–Trinajstić information content (AvgIpc) is 2.45. The van der Waals surface area contributed by atoms with Crippen LogP contribution in [-0.2, 0) is 20.9 Å². The van der Waals surface area contributed by atoms with Gasteiger partial charge in [0.2, 0.25) is 0 Å². The molecule has 1 aromatic carbocycles. The minimum atomic E-state index is -1.55. The Morgan fingerprint density at radius 3 is 2.65 bits per heavy atom. The minimum absolute atomic E-state index is 0.0179. The van der Waals surface area contributed by atoms with Crippen molar-refractivity contribution in [3.63, 3.8) is 0 Å². The number of hydrogen-bond acceptors (Lipinski definition) is 5. The van der Waals surface area contributed by atoms with E-state index in [1.165, 1.54) is 5.01 Å². The fourth-order valence-electron chi connectivity index (χ4n) is 2.38. The molecule has 0 radical (unpaired) electrons. The zero-order valence-electron chi connectivity index (χ0n) is 11.1. The van der Waals surface area contributed by atoms with E-state index in [2.05, 4.69) is 0 Å². The summed E-state index contributed by atoms with van der Waals surface area (Å²) in [6.07, 6.45) is 0.812. The summed E-state index contributed by atoms with van der Waals surface area (Å²) >= 11 is 0. The maximum absolute atomic E-state index is 12.2. The maximum Gasteiger partial charge on any atom is 0.325 e. The van der Waals surface area contributed by atoms with Crippen LogP contribution in [0.1, 0.15) is 18.4 Å². The highest BCUT2D eigenvalue weighted by Gasteiger charge is 2.50. The van der Waals surface area contributed by atoms with E-state index in [4.69, 9.17) is 10.6 Å². The standard InChI is InChI=1S/C14H18N2O4/c15-16-8-4-7-14(10-16,12(17)18)13(19)20-9-11-5-2-1-3-6-11/h1-3,5-6H,4,7-10,15H2,(H,17,18). The minimum Gasteiger partial charge on any atom is -0.480 e. The van der Waals surface area contributed by atoms with Crippen molar-refractivity contribution in [2.24, 2.45) is 11.3 Å². The first-order valence-corrected chi connectivity index (χ1v) is 6.49. The van der Waals surface area contributed by atoms with Crippen molar-refractivity contribution in [3.8, 4) is 0 Å². The van der Waals surface area contributed by atoms with Crippen LogP contribution in [0.15, 0.2) is 30.3 Å². The van der Waals surface area contributed by atoms with Crippen LogP contribution in [0.25, 0.3) is 0 Å². The molecule has 2 rings (SSSR count). The highest BCUT2D eigenvalue weighted by atomic mass is 16.5. The SMILES string of the molecule is NN1CCCC(C(=O)O)(C(=O)OCc2ccccc2)C1. The van der Waals surface area contributed by atoms with Gasteiger partial charge in [-0.2, -0.15) is 0 Å². The Hall–Kier alpha value is -1.92. The smallest absolute Gasteiger partial charge is 0.325 e. The van der Waals surface area contributed by atoms with Gasteiger partial charge >= 0.3 is 11.9 Å². The molecule has 3 N–H and O–H groups in total. The fraction of sp³-hybridized carbons (Fsp3) is 0.429. The van der Waals surface area contributed by atoms with E-state index in [0.29, 0.717) is 13.0 Å². The number of hydrazine groups is 1. The van der Waals surface area contributed by atoms with Crippen molar-refractivity contribution in [1.82, 2.24) is 5.01 Å². The number of rotatable bonds is 4. The second-order valence-electron chi connectivity index (χ2n) is 5.02. The topological polar surface area (TPSA) is 92.9 Å². The number of aliphatic carboxylic acids is 1. The molecule has 1 aliphatic heterocycles. The molecule has 0 saturated carbocycles. The van der Waals surface area contributed by atoms with Crippen LogP contribution < -0.4 is 5.84 Å². The Morgan fingerprint density at radius 2 is 2.05 bits per heavy atom. The molecule has 0 aliphatic carbocycles. The van der Waals surface area contributed by atoms with E-state index in [-0.39, 0.29) is 19.6 Å². The molecule has 1 saturated heterocycles. The zero-order chi connectivity index (χ0) is 14.6. The van der Waals surface area contributed by atoms with Gasteiger partial charge in [-0.3, -0.25) is 15.4 Å². The third-order valence-corrected chi connectivity index (χ3v) is 3.53. The number of nitrogens with zero attached hydrogens (tertiary/aromatic N) is 1. The van der Waals surface area contributed by atoms with Crippen molar-refractivity contribution in [2.45, 2.75) is 19.4 Å². The van der Waals surface area contributed by atoms with Crippen molar-refractivity contribution < 1.29 is 19.4 Å². The van der Waals surface area contributed by atoms with Crippen LogP contribution in [0.5, 0.6) is 0 Å². The van der Waals surface area contributed by atoms with E-state index in [0.717, 1.165) is 5.56 Å². The third kappa shape index (κ3) is 2.97. The van der Waals surface area contributed by atoms with Crippen LogP contribution in [0.2, 0.25) is 0 Å². The molecule has 20 heavy (non-hydrogen) atoms. The lowest BCUT2D eigenvalue weighted by atomic mass is 9.80. The van der Waals surface area contributed by atoms with Gasteiger partial charge in [0.25, 0.3) is 0 Å². The van der Waals surface area contributed by atoms with E-state index < -0.39 is 17.4 Å².